The third kappa shape index (κ3) is 7.21. The van der Waals surface area contributed by atoms with Crippen molar-refractivity contribution in [3.05, 3.63) is 96.4 Å². The number of anilines is 2. The molecule has 1 aliphatic carbocycles. The lowest BCUT2D eigenvalue weighted by atomic mass is 9.91. The molecular formula is C35H42N2O7. The van der Waals surface area contributed by atoms with Crippen LogP contribution in [0.3, 0.4) is 0 Å². The number of fused-ring (bicyclic) bond motifs is 2. The maximum absolute atomic E-state index is 13.3. The Bertz CT molecular complexity index is 1400. The summed E-state index contributed by atoms with van der Waals surface area (Å²) in [7, 11) is 3.30. The third-order valence-electron chi connectivity index (χ3n) is 8.21. The zero-order valence-electron chi connectivity index (χ0n) is 25.4. The molecule has 2 heterocycles. The number of benzene rings is 2. The van der Waals surface area contributed by atoms with Crippen molar-refractivity contribution in [2.45, 2.75) is 12.2 Å². The molecule has 9 nitrogen and oxygen atoms in total. The molecule has 4 atom stereocenters. The first-order valence-corrected chi connectivity index (χ1v) is 15.1. The Morgan fingerprint density at radius 1 is 0.705 bits per heavy atom. The number of ether oxygens (including phenoxy) is 4. The van der Waals surface area contributed by atoms with E-state index in [2.05, 4.69) is 9.80 Å². The lowest BCUT2D eigenvalue weighted by molar-refractivity contribution is -0.127. The summed E-state index contributed by atoms with van der Waals surface area (Å²) >= 11 is 0. The highest BCUT2D eigenvalue weighted by molar-refractivity contribution is 5.95. The Hall–Kier alpha value is -3.57. The van der Waals surface area contributed by atoms with Crippen LogP contribution in [0.25, 0.3) is 11.1 Å². The zero-order chi connectivity index (χ0) is 30.9. The number of nitrogens with zero attached hydrogens (tertiary/aromatic N) is 2. The predicted octanol–water partition coefficient (Wildman–Crippen LogP) is 3.68. The van der Waals surface area contributed by atoms with Gasteiger partial charge in [-0.15, -0.1) is 0 Å². The standard InChI is InChI=1S/C35H42N2O7/c1-41-19-21-43-17-15-36-13-11-25(27-7-3-5-9-31(27)36)23-29-33(38)30(35(40)34(29)39)24-26-12-14-37(16-18-44-22-20-42-2)32-10-6-4-8-28(26)32/h3-14,23-24,29-30,33-34,38-39H,15-22H2,1-2H3. The van der Waals surface area contributed by atoms with E-state index in [4.69, 9.17) is 18.9 Å². The second-order valence-corrected chi connectivity index (χ2v) is 10.9. The molecule has 0 amide bonds. The Balaban J connectivity index is 1.32. The van der Waals surface area contributed by atoms with Crippen molar-refractivity contribution in [1.29, 1.82) is 0 Å². The van der Waals surface area contributed by atoms with Crippen molar-refractivity contribution in [2.24, 2.45) is 11.8 Å². The van der Waals surface area contributed by atoms with E-state index in [1.165, 1.54) is 0 Å². The van der Waals surface area contributed by atoms with E-state index in [0.717, 1.165) is 33.6 Å². The molecule has 3 aliphatic rings. The van der Waals surface area contributed by atoms with Crippen LogP contribution in [0.2, 0.25) is 0 Å². The fourth-order valence-corrected chi connectivity index (χ4v) is 5.86. The molecule has 0 radical (unpaired) electrons. The molecule has 2 aliphatic heterocycles. The van der Waals surface area contributed by atoms with Crippen LogP contribution in [0.15, 0.2) is 85.2 Å². The molecule has 2 aromatic rings. The summed E-state index contributed by atoms with van der Waals surface area (Å²) in [5.41, 5.74) is 5.61. The van der Waals surface area contributed by atoms with Crippen molar-refractivity contribution in [3.8, 4) is 0 Å². The Morgan fingerprint density at radius 3 is 1.73 bits per heavy atom. The number of para-hydroxylation sites is 2. The van der Waals surface area contributed by atoms with Crippen molar-refractivity contribution in [2.75, 3.05) is 76.8 Å². The predicted molar refractivity (Wildman–Crippen MR) is 171 cm³/mol. The number of aliphatic hydroxyl groups excluding tert-OH is 2. The van der Waals surface area contributed by atoms with Crippen molar-refractivity contribution in [1.82, 2.24) is 0 Å². The van der Waals surface area contributed by atoms with Gasteiger partial charge in [-0.25, -0.2) is 0 Å². The minimum atomic E-state index is -1.31. The lowest BCUT2D eigenvalue weighted by Crippen LogP contribution is -2.26. The summed E-state index contributed by atoms with van der Waals surface area (Å²) in [5, 5.41) is 22.5. The highest BCUT2D eigenvalue weighted by Gasteiger charge is 2.47. The second-order valence-electron chi connectivity index (χ2n) is 10.9. The van der Waals surface area contributed by atoms with Gasteiger partial charge in [-0.05, 0) is 35.4 Å². The number of carbonyl (C=O) groups is 1. The molecular weight excluding hydrogens is 560 g/mol. The average Bonchev–Trinajstić information content (AvgIpc) is 3.24. The van der Waals surface area contributed by atoms with E-state index in [9.17, 15) is 15.0 Å². The number of methoxy groups -OCH3 is 2. The average molecular weight is 603 g/mol. The van der Waals surface area contributed by atoms with Crippen LogP contribution in [-0.4, -0.2) is 95.2 Å². The summed E-state index contributed by atoms with van der Waals surface area (Å²) < 4.78 is 21.4. The van der Waals surface area contributed by atoms with E-state index in [1.54, 1.807) is 20.3 Å². The zero-order valence-corrected chi connectivity index (χ0v) is 25.4. The van der Waals surface area contributed by atoms with Crippen LogP contribution >= 0.6 is 0 Å². The second kappa shape index (κ2) is 15.4. The molecule has 2 N–H and O–H groups in total. The van der Waals surface area contributed by atoms with E-state index in [1.807, 2.05) is 79.2 Å². The Kier molecular flexibility index (Phi) is 11.2. The van der Waals surface area contributed by atoms with Gasteiger partial charge in [-0.2, -0.15) is 0 Å². The summed E-state index contributed by atoms with van der Waals surface area (Å²) in [6.45, 7) is 4.59. The number of hydrogen-bond donors (Lipinski definition) is 2. The summed E-state index contributed by atoms with van der Waals surface area (Å²) in [6.07, 6.45) is 9.10. The van der Waals surface area contributed by atoms with Crippen LogP contribution in [0.5, 0.6) is 0 Å². The smallest absolute Gasteiger partial charge is 0.171 e. The largest absolute Gasteiger partial charge is 0.391 e. The van der Waals surface area contributed by atoms with Gasteiger partial charge >= 0.3 is 0 Å². The summed E-state index contributed by atoms with van der Waals surface area (Å²) in [5.74, 6) is -1.97. The highest BCUT2D eigenvalue weighted by atomic mass is 16.5. The number of carbonyl (C=O) groups excluding carboxylic acids is 1. The number of rotatable bonds is 14. The van der Waals surface area contributed by atoms with Gasteiger partial charge in [0.25, 0.3) is 0 Å². The summed E-state index contributed by atoms with van der Waals surface area (Å²) in [4.78, 5) is 17.6. The topological polar surface area (TPSA) is 101 Å². The van der Waals surface area contributed by atoms with Crippen molar-refractivity contribution >= 4 is 28.3 Å². The molecule has 0 bridgehead atoms. The van der Waals surface area contributed by atoms with Crippen LogP contribution in [0.1, 0.15) is 11.1 Å². The van der Waals surface area contributed by atoms with E-state index < -0.39 is 24.0 Å². The third-order valence-corrected chi connectivity index (χ3v) is 8.21. The molecule has 1 saturated carbocycles. The fourth-order valence-electron chi connectivity index (χ4n) is 5.86. The molecule has 5 rings (SSSR count). The maximum Gasteiger partial charge on any atom is 0.171 e. The van der Waals surface area contributed by atoms with Gasteiger partial charge in [0.2, 0.25) is 0 Å². The van der Waals surface area contributed by atoms with Gasteiger partial charge in [0.15, 0.2) is 5.78 Å². The van der Waals surface area contributed by atoms with E-state index in [0.29, 0.717) is 52.7 Å². The molecule has 0 aromatic heterocycles. The first-order chi connectivity index (χ1) is 21.5. The number of hydrogen-bond acceptors (Lipinski definition) is 9. The van der Waals surface area contributed by atoms with Crippen LogP contribution in [0.4, 0.5) is 11.4 Å². The molecule has 0 spiro atoms. The van der Waals surface area contributed by atoms with Gasteiger partial charge in [-0.3, -0.25) is 4.79 Å². The van der Waals surface area contributed by atoms with Crippen molar-refractivity contribution < 1.29 is 34.0 Å². The summed E-state index contributed by atoms with van der Waals surface area (Å²) in [6, 6.07) is 15.9. The molecule has 9 heteroatoms. The number of Topliss-reactive ketones (excluding diaryl/α,β-unsaturated/α-hetero) is 1. The Labute approximate surface area is 259 Å². The Morgan fingerprint density at radius 2 is 1.20 bits per heavy atom. The quantitative estimate of drug-likeness (QED) is 0.314. The first kappa shape index (κ1) is 31.8. The fraction of sp³-hybridized carbons (Fsp3) is 0.400. The molecule has 4 unspecified atom stereocenters. The van der Waals surface area contributed by atoms with Gasteiger partial charge in [0, 0.05) is 68.1 Å². The molecule has 234 valence electrons. The first-order valence-electron chi connectivity index (χ1n) is 15.1. The van der Waals surface area contributed by atoms with Crippen LogP contribution < -0.4 is 9.80 Å². The minimum Gasteiger partial charge on any atom is -0.391 e. The maximum atomic E-state index is 13.3. The van der Waals surface area contributed by atoms with Crippen molar-refractivity contribution in [3.63, 3.8) is 0 Å². The number of allylic oxidation sites excluding steroid dienone is 4. The van der Waals surface area contributed by atoms with Gasteiger partial charge in [-0.1, -0.05) is 48.6 Å². The lowest BCUT2D eigenvalue weighted by Gasteiger charge is -2.28. The molecule has 0 saturated heterocycles. The van der Waals surface area contributed by atoms with E-state index >= 15 is 0 Å². The highest BCUT2D eigenvalue weighted by Crippen LogP contribution is 2.40. The molecule has 44 heavy (non-hydrogen) atoms. The van der Waals surface area contributed by atoms with Crippen LogP contribution in [-0.2, 0) is 23.7 Å². The van der Waals surface area contributed by atoms with E-state index in [-0.39, 0.29) is 5.78 Å². The van der Waals surface area contributed by atoms with Crippen LogP contribution in [0, 0.1) is 11.8 Å². The molecule has 2 aromatic carbocycles. The monoisotopic (exact) mass is 602 g/mol. The molecule has 1 fully saturated rings. The van der Waals surface area contributed by atoms with Gasteiger partial charge in [0.1, 0.15) is 6.10 Å². The van der Waals surface area contributed by atoms with Gasteiger partial charge in [0.05, 0.1) is 51.7 Å². The number of aliphatic hydroxyl groups is 2. The SMILES string of the molecule is COCCOCCN1C=CC(=CC2C(=O)C(O)C(C=C3C=CN(CCOCCOC)c4ccccc43)C2O)c2ccccc21. The minimum absolute atomic E-state index is 0.380. The number of ketones is 1. The van der Waals surface area contributed by atoms with Gasteiger partial charge < -0.3 is 39.0 Å². The normalized spacial score (nSPS) is 24.4.